The number of anilines is 1. The molecule has 0 aromatic heterocycles. The summed E-state index contributed by atoms with van der Waals surface area (Å²) in [4.78, 5) is 27.0. The summed E-state index contributed by atoms with van der Waals surface area (Å²) in [6.45, 7) is 0. The second-order valence-electron chi connectivity index (χ2n) is 7.58. The van der Waals surface area contributed by atoms with Crippen LogP contribution in [0.2, 0.25) is 0 Å². The van der Waals surface area contributed by atoms with Crippen LogP contribution in [-0.4, -0.2) is 18.2 Å². The maximum Gasteiger partial charge on any atom is 0.573 e. The van der Waals surface area contributed by atoms with Gasteiger partial charge in [0, 0.05) is 6.07 Å². The molecule has 1 saturated heterocycles. The van der Waals surface area contributed by atoms with Gasteiger partial charge in [0.25, 0.3) is 0 Å². The van der Waals surface area contributed by atoms with Crippen LogP contribution in [-0.2, 0) is 9.59 Å². The Morgan fingerprint density at radius 1 is 0.960 bits per heavy atom. The molecule has 5 aliphatic rings. The van der Waals surface area contributed by atoms with Crippen LogP contribution in [0.3, 0.4) is 0 Å². The van der Waals surface area contributed by atoms with Crippen molar-refractivity contribution in [2.45, 2.75) is 25.6 Å². The summed E-state index contributed by atoms with van der Waals surface area (Å²) in [5, 5.41) is 0. The predicted octanol–water partition coefficient (Wildman–Crippen LogP) is 3.37. The van der Waals surface area contributed by atoms with Gasteiger partial charge in [-0.25, -0.2) is 4.90 Å². The van der Waals surface area contributed by atoms with Gasteiger partial charge in [-0.2, -0.15) is 0 Å². The molecule has 132 valence electrons. The number of carbonyl (C=O) groups is 2. The van der Waals surface area contributed by atoms with E-state index >= 15 is 0 Å². The second kappa shape index (κ2) is 4.77. The number of imide groups is 1. The maximum atomic E-state index is 12.9. The zero-order valence-corrected chi connectivity index (χ0v) is 13.2. The number of nitrogens with zero attached hydrogens (tertiary/aromatic N) is 1. The zero-order chi connectivity index (χ0) is 17.5. The third kappa shape index (κ3) is 2.14. The predicted molar refractivity (Wildman–Crippen MR) is 80.4 cm³/mol. The lowest BCUT2D eigenvalue weighted by molar-refractivity contribution is -0.274. The van der Waals surface area contributed by atoms with Crippen LogP contribution in [0.5, 0.6) is 5.75 Å². The highest BCUT2D eigenvalue weighted by atomic mass is 19.4. The molecule has 4 saturated carbocycles. The number of carbonyl (C=O) groups excluding carboxylic acids is 2. The molecule has 2 bridgehead atoms. The fourth-order valence-electron chi connectivity index (χ4n) is 5.61. The van der Waals surface area contributed by atoms with Gasteiger partial charge in [0.1, 0.15) is 5.75 Å². The normalized spacial score (nSPS) is 38.6. The third-order valence-corrected chi connectivity index (χ3v) is 6.45. The molecule has 2 amide bonds. The van der Waals surface area contributed by atoms with Crippen molar-refractivity contribution in [2.24, 2.45) is 35.5 Å². The van der Waals surface area contributed by atoms with Crippen LogP contribution in [0.1, 0.15) is 19.3 Å². The molecular weight excluding hydrogens is 335 g/mol. The summed E-state index contributed by atoms with van der Waals surface area (Å²) in [6, 6.07) is 5.13. The number of ether oxygens (including phenoxy) is 1. The van der Waals surface area contributed by atoms with Crippen molar-refractivity contribution in [3.63, 3.8) is 0 Å². The first-order valence-electron chi connectivity index (χ1n) is 8.59. The summed E-state index contributed by atoms with van der Waals surface area (Å²) < 4.78 is 41.2. The van der Waals surface area contributed by atoms with Crippen LogP contribution in [0, 0.1) is 35.5 Å². The summed E-state index contributed by atoms with van der Waals surface area (Å²) >= 11 is 0. The molecule has 1 aromatic carbocycles. The first-order valence-corrected chi connectivity index (χ1v) is 8.59. The Labute approximate surface area is 141 Å². The van der Waals surface area contributed by atoms with E-state index in [0.717, 1.165) is 36.3 Å². The van der Waals surface area contributed by atoms with Crippen molar-refractivity contribution in [2.75, 3.05) is 4.90 Å². The molecule has 6 unspecified atom stereocenters. The first kappa shape index (κ1) is 15.2. The van der Waals surface area contributed by atoms with Gasteiger partial charge in [-0.05, 0) is 55.1 Å². The van der Waals surface area contributed by atoms with E-state index in [0.29, 0.717) is 11.8 Å². The monoisotopic (exact) mass is 351 g/mol. The number of fused-ring (bicyclic) bond motifs is 1. The largest absolute Gasteiger partial charge is 0.573 e. The number of amides is 2. The summed E-state index contributed by atoms with van der Waals surface area (Å²) in [5.41, 5.74) is 0.166. The number of benzene rings is 1. The maximum absolute atomic E-state index is 12.9. The van der Waals surface area contributed by atoms with Crippen molar-refractivity contribution in [1.82, 2.24) is 0 Å². The average molecular weight is 351 g/mol. The fourth-order valence-corrected chi connectivity index (χ4v) is 5.61. The van der Waals surface area contributed by atoms with Gasteiger partial charge in [-0.15, -0.1) is 13.2 Å². The molecule has 6 rings (SSSR count). The molecule has 1 aliphatic heterocycles. The van der Waals surface area contributed by atoms with Gasteiger partial charge in [0.15, 0.2) is 0 Å². The number of alkyl halides is 3. The Kier molecular flexibility index (Phi) is 2.90. The molecule has 1 aromatic rings. The fraction of sp³-hybridized carbons (Fsp3) is 0.556. The summed E-state index contributed by atoms with van der Waals surface area (Å²) in [7, 11) is 0. The van der Waals surface area contributed by atoms with Gasteiger partial charge >= 0.3 is 6.36 Å². The Bertz CT molecular complexity index is 743. The average Bonchev–Trinajstić information content (AvgIpc) is 3.30. The standard InChI is InChI=1S/C18H16F3NO3/c19-18(20,21)25-9-3-1-2-8(6-9)22-16(23)14-10-4-5-11(13-7-12(10)13)15(14)17(22)24/h1-3,6,10-15H,4-5,7H2. The number of hydrogen-bond donors (Lipinski definition) is 0. The third-order valence-electron chi connectivity index (χ3n) is 6.45. The second-order valence-corrected chi connectivity index (χ2v) is 7.58. The first-order chi connectivity index (χ1) is 11.8. The Hall–Kier alpha value is -2.05. The Morgan fingerprint density at radius 3 is 2.12 bits per heavy atom. The van der Waals surface area contributed by atoms with Crippen LogP contribution >= 0.6 is 0 Å². The minimum atomic E-state index is -4.81. The van der Waals surface area contributed by atoms with Gasteiger partial charge in [-0.3, -0.25) is 9.59 Å². The molecule has 4 nitrogen and oxygen atoms in total. The van der Waals surface area contributed by atoms with E-state index in [1.807, 2.05) is 0 Å². The molecule has 4 aliphatic carbocycles. The molecule has 0 N–H and O–H groups in total. The van der Waals surface area contributed by atoms with Crippen LogP contribution in [0.15, 0.2) is 24.3 Å². The highest BCUT2D eigenvalue weighted by Crippen LogP contribution is 2.68. The summed E-state index contributed by atoms with van der Waals surface area (Å²) in [6.07, 6.45) is -1.72. The minimum Gasteiger partial charge on any atom is -0.406 e. The molecule has 25 heavy (non-hydrogen) atoms. The van der Waals surface area contributed by atoms with Crippen molar-refractivity contribution in [3.8, 4) is 5.75 Å². The quantitative estimate of drug-likeness (QED) is 0.768. The highest BCUT2D eigenvalue weighted by molar-refractivity contribution is 6.22. The van der Waals surface area contributed by atoms with E-state index in [1.165, 1.54) is 12.1 Å². The minimum absolute atomic E-state index is 0.166. The van der Waals surface area contributed by atoms with E-state index < -0.39 is 12.1 Å². The van der Waals surface area contributed by atoms with E-state index in [4.69, 9.17) is 0 Å². The van der Waals surface area contributed by atoms with E-state index in [9.17, 15) is 22.8 Å². The van der Waals surface area contributed by atoms with Crippen LogP contribution in [0.25, 0.3) is 0 Å². The molecule has 1 heterocycles. The van der Waals surface area contributed by atoms with Gasteiger partial charge in [-0.1, -0.05) is 6.07 Å². The van der Waals surface area contributed by atoms with Crippen molar-refractivity contribution < 1.29 is 27.5 Å². The van der Waals surface area contributed by atoms with Crippen molar-refractivity contribution in [3.05, 3.63) is 24.3 Å². The molecule has 0 spiro atoms. The van der Waals surface area contributed by atoms with Crippen molar-refractivity contribution >= 4 is 17.5 Å². The zero-order valence-electron chi connectivity index (χ0n) is 13.2. The van der Waals surface area contributed by atoms with Crippen LogP contribution in [0.4, 0.5) is 18.9 Å². The molecule has 5 fully saturated rings. The highest BCUT2D eigenvalue weighted by Gasteiger charge is 2.68. The topological polar surface area (TPSA) is 46.6 Å². The lowest BCUT2D eigenvalue weighted by atomic mass is 9.59. The van der Waals surface area contributed by atoms with E-state index in [1.54, 1.807) is 0 Å². The SMILES string of the molecule is O=C1C2C3CCC(C4CC43)C2C(=O)N1c1cccc(OC(F)(F)F)c1. The number of rotatable bonds is 2. The smallest absolute Gasteiger partial charge is 0.406 e. The van der Waals surface area contributed by atoms with Gasteiger partial charge < -0.3 is 4.74 Å². The summed E-state index contributed by atoms with van der Waals surface area (Å²) in [5.74, 6) is 0.148. The molecule has 7 heteroatoms. The molecule has 0 radical (unpaired) electrons. The Balaban J connectivity index is 1.48. The Morgan fingerprint density at radius 2 is 1.56 bits per heavy atom. The van der Waals surface area contributed by atoms with E-state index in [2.05, 4.69) is 4.74 Å². The molecule has 6 atom stereocenters. The van der Waals surface area contributed by atoms with Crippen molar-refractivity contribution in [1.29, 1.82) is 0 Å². The lowest BCUT2D eigenvalue weighted by Gasteiger charge is -2.42. The van der Waals surface area contributed by atoms with Crippen LogP contribution < -0.4 is 9.64 Å². The van der Waals surface area contributed by atoms with Gasteiger partial charge in [0.2, 0.25) is 11.8 Å². The number of halogens is 3. The number of hydrogen-bond acceptors (Lipinski definition) is 3. The lowest BCUT2D eigenvalue weighted by Crippen LogP contribution is -2.43. The van der Waals surface area contributed by atoms with Gasteiger partial charge in [0.05, 0.1) is 17.5 Å². The molecular formula is C18H16F3NO3. The van der Waals surface area contributed by atoms with E-state index in [-0.39, 0.29) is 41.2 Å².